The Labute approximate surface area is 130 Å². The third kappa shape index (κ3) is 2.96. The largest absolute Gasteiger partial charge is 0.508 e. The molecule has 0 bridgehead atoms. The maximum Gasteiger partial charge on any atom is 0.119 e. The fourth-order valence-electron chi connectivity index (χ4n) is 2.61. The van der Waals surface area contributed by atoms with Crippen LogP contribution in [-0.2, 0) is 6.42 Å². The van der Waals surface area contributed by atoms with Crippen LogP contribution in [0, 0.1) is 6.92 Å². The molecule has 0 saturated carbocycles. The Bertz CT molecular complexity index is 789. The van der Waals surface area contributed by atoms with Crippen LogP contribution in [0.25, 0.3) is 11.1 Å². The van der Waals surface area contributed by atoms with Gasteiger partial charge < -0.3 is 10.2 Å². The summed E-state index contributed by atoms with van der Waals surface area (Å²) in [5.41, 5.74) is 5.37. The highest BCUT2D eigenvalue weighted by Gasteiger charge is 2.09. The first-order valence-electron chi connectivity index (χ1n) is 7.29. The zero-order valence-corrected chi connectivity index (χ0v) is 12.5. The van der Waals surface area contributed by atoms with Gasteiger partial charge in [0.25, 0.3) is 0 Å². The summed E-state index contributed by atoms with van der Waals surface area (Å²) in [6.07, 6.45) is 0.574. The summed E-state index contributed by atoms with van der Waals surface area (Å²) < 4.78 is 0. The number of hydrogen-bond donors (Lipinski definition) is 2. The van der Waals surface area contributed by atoms with Gasteiger partial charge in [0, 0.05) is 12.0 Å². The monoisotopic (exact) mass is 290 g/mol. The van der Waals surface area contributed by atoms with E-state index in [9.17, 15) is 10.2 Å². The van der Waals surface area contributed by atoms with Gasteiger partial charge in [0.1, 0.15) is 11.5 Å². The highest BCUT2D eigenvalue weighted by atomic mass is 16.3. The van der Waals surface area contributed by atoms with Crippen LogP contribution >= 0.6 is 0 Å². The van der Waals surface area contributed by atoms with Crippen molar-refractivity contribution in [2.24, 2.45) is 0 Å². The molecule has 0 fully saturated rings. The number of phenols is 2. The van der Waals surface area contributed by atoms with Crippen molar-refractivity contribution in [3.63, 3.8) is 0 Å². The van der Waals surface area contributed by atoms with Crippen molar-refractivity contribution in [2.75, 3.05) is 0 Å². The Kier molecular flexibility index (Phi) is 3.84. The fourth-order valence-corrected chi connectivity index (χ4v) is 2.61. The molecule has 0 aromatic heterocycles. The van der Waals surface area contributed by atoms with E-state index in [0.29, 0.717) is 6.42 Å². The lowest BCUT2D eigenvalue weighted by Crippen LogP contribution is -1.93. The summed E-state index contributed by atoms with van der Waals surface area (Å²) in [6, 6.07) is 21.2. The molecule has 0 spiro atoms. The van der Waals surface area contributed by atoms with Gasteiger partial charge in [-0.25, -0.2) is 0 Å². The molecule has 0 amide bonds. The Hall–Kier alpha value is -2.74. The molecule has 0 saturated heterocycles. The highest BCUT2D eigenvalue weighted by molar-refractivity contribution is 5.68. The van der Waals surface area contributed by atoms with Crippen LogP contribution in [0.4, 0.5) is 0 Å². The molecule has 0 atom stereocenters. The molecule has 0 aliphatic carbocycles. The first-order chi connectivity index (χ1) is 10.6. The van der Waals surface area contributed by atoms with Crippen LogP contribution in [0.5, 0.6) is 11.5 Å². The smallest absolute Gasteiger partial charge is 0.119 e. The van der Waals surface area contributed by atoms with E-state index in [4.69, 9.17) is 0 Å². The molecule has 0 aliphatic rings. The van der Waals surface area contributed by atoms with Crippen molar-refractivity contribution < 1.29 is 10.2 Å². The number of aromatic hydroxyl groups is 2. The molecule has 2 nitrogen and oxygen atoms in total. The van der Waals surface area contributed by atoms with Gasteiger partial charge in [0.15, 0.2) is 0 Å². The minimum Gasteiger partial charge on any atom is -0.508 e. The van der Waals surface area contributed by atoms with Gasteiger partial charge >= 0.3 is 0 Å². The van der Waals surface area contributed by atoms with E-state index in [-0.39, 0.29) is 11.5 Å². The Morgan fingerprint density at radius 1 is 0.773 bits per heavy atom. The molecular formula is C20H18O2. The summed E-state index contributed by atoms with van der Waals surface area (Å²) in [6.45, 7) is 2.07. The first-order valence-corrected chi connectivity index (χ1v) is 7.29. The van der Waals surface area contributed by atoms with E-state index in [1.54, 1.807) is 6.07 Å². The van der Waals surface area contributed by atoms with Crippen LogP contribution < -0.4 is 0 Å². The molecule has 110 valence electrons. The molecular weight excluding hydrogens is 272 g/mol. The Morgan fingerprint density at radius 3 is 2.27 bits per heavy atom. The van der Waals surface area contributed by atoms with Crippen molar-refractivity contribution in [2.45, 2.75) is 13.3 Å². The third-order valence-corrected chi connectivity index (χ3v) is 3.82. The van der Waals surface area contributed by atoms with Crippen molar-refractivity contribution >= 4 is 0 Å². The minimum atomic E-state index is 0.167. The highest BCUT2D eigenvalue weighted by Crippen LogP contribution is 2.30. The van der Waals surface area contributed by atoms with Crippen LogP contribution in [0.15, 0.2) is 66.7 Å². The standard InChI is InChI=1S/C20H18O2/c1-14-6-8-15(9-7-14)19-5-3-2-4-16(19)12-17-13-18(21)10-11-20(17)22/h2-11,13,21-22H,12H2,1H3. The van der Waals surface area contributed by atoms with Crippen molar-refractivity contribution in [1.29, 1.82) is 0 Å². The molecule has 22 heavy (non-hydrogen) atoms. The first kappa shape index (κ1) is 14.2. The summed E-state index contributed by atoms with van der Waals surface area (Å²) in [5, 5.41) is 19.6. The van der Waals surface area contributed by atoms with Gasteiger partial charge in [-0.1, -0.05) is 54.1 Å². The second kappa shape index (κ2) is 5.94. The van der Waals surface area contributed by atoms with Gasteiger partial charge in [-0.2, -0.15) is 0 Å². The summed E-state index contributed by atoms with van der Waals surface area (Å²) in [5.74, 6) is 0.372. The van der Waals surface area contributed by atoms with Gasteiger partial charge in [-0.05, 0) is 41.8 Å². The number of aryl methyl sites for hydroxylation is 1. The van der Waals surface area contributed by atoms with Crippen LogP contribution in [-0.4, -0.2) is 10.2 Å². The number of rotatable bonds is 3. The zero-order chi connectivity index (χ0) is 15.5. The second-order valence-corrected chi connectivity index (χ2v) is 5.51. The fraction of sp³-hybridized carbons (Fsp3) is 0.100. The number of hydrogen-bond acceptors (Lipinski definition) is 2. The average Bonchev–Trinajstić information content (AvgIpc) is 2.52. The summed E-state index contributed by atoms with van der Waals surface area (Å²) >= 11 is 0. The predicted molar refractivity (Wildman–Crippen MR) is 89.2 cm³/mol. The average molecular weight is 290 g/mol. The Balaban J connectivity index is 2.01. The number of benzene rings is 3. The van der Waals surface area contributed by atoms with Crippen molar-refractivity contribution in [3.05, 3.63) is 83.4 Å². The lowest BCUT2D eigenvalue weighted by atomic mass is 9.94. The second-order valence-electron chi connectivity index (χ2n) is 5.51. The van der Waals surface area contributed by atoms with E-state index in [1.807, 2.05) is 12.1 Å². The van der Waals surface area contributed by atoms with Gasteiger partial charge in [0.05, 0.1) is 0 Å². The molecule has 3 aromatic carbocycles. The van der Waals surface area contributed by atoms with Crippen LogP contribution in [0.3, 0.4) is 0 Å². The molecule has 0 aliphatic heterocycles. The van der Waals surface area contributed by atoms with Gasteiger partial charge in [0.2, 0.25) is 0 Å². The van der Waals surface area contributed by atoms with E-state index in [2.05, 4.69) is 43.3 Å². The molecule has 0 radical (unpaired) electrons. The maximum absolute atomic E-state index is 9.98. The normalized spacial score (nSPS) is 10.6. The SMILES string of the molecule is Cc1ccc(-c2ccccc2Cc2cc(O)ccc2O)cc1. The molecule has 2 N–H and O–H groups in total. The third-order valence-electron chi connectivity index (χ3n) is 3.82. The lowest BCUT2D eigenvalue weighted by molar-refractivity contribution is 0.455. The number of phenolic OH excluding ortho intramolecular Hbond substituents is 2. The van der Waals surface area contributed by atoms with E-state index < -0.39 is 0 Å². The van der Waals surface area contributed by atoms with E-state index in [1.165, 1.54) is 17.7 Å². The maximum atomic E-state index is 9.98. The quantitative estimate of drug-likeness (QED) is 0.688. The summed E-state index contributed by atoms with van der Waals surface area (Å²) in [7, 11) is 0. The van der Waals surface area contributed by atoms with Gasteiger partial charge in [-0.3, -0.25) is 0 Å². The summed E-state index contributed by atoms with van der Waals surface area (Å²) in [4.78, 5) is 0. The molecule has 0 heterocycles. The van der Waals surface area contributed by atoms with Crippen LogP contribution in [0.2, 0.25) is 0 Å². The van der Waals surface area contributed by atoms with Crippen LogP contribution in [0.1, 0.15) is 16.7 Å². The topological polar surface area (TPSA) is 40.5 Å². The Morgan fingerprint density at radius 2 is 1.50 bits per heavy atom. The predicted octanol–water partition coefficient (Wildman–Crippen LogP) is 4.66. The van der Waals surface area contributed by atoms with E-state index >= 15 is 0 Å². The molecule has 3 aromatic rings. The zero-order valence-electron chi connectivity index (χ0n) is 12.5. The van der Waals surface area contributed by atoms with Crippen molar-refractivity contribution in [3.8, 4) is 22.6 Å². The van der Waals surface area contributed by atoms with E-state index in [0.717, 1.165) is 22.3 Å². The minimum absolute atomic E-state index is 0.167. The molecule has 3 rings (SSSR count). The lowest BCUT2D eigenvalue weighted by Gasteiger charge is -2.11. The molecule has 2 heteroatoms. The van der Waals surface area contributed by atoms with Crippen molar-refractivity contribution in [1.82, 2.24) is 0 Å². The molecule has 0 unspecified atom stereocenters. The van der Waals surface area contributed by atoms with Gasteiger partial charge in [-0.15, -0.1) is 0 Å².